The van der Waals surface area contributed by atoms with Crippen LogP contribution in [0.2, 0.25) is 5.02 Å². The Balaban J connectivity index is 2.32. The van der Waals surface area contributed by atoms with Crippen LogP contribution in [-0.4, -0.2) is 28.0 Å². The van der Waals surface area contributed by atoms with Crippen molar-refractivity contribution in [2.45, 2.75) is 45.2 Å². The highest BCUT2D eigenvalue weighted by molar-refractivity contribution is 6.33. The molecular weight excluding hydrogens is 250 g/mol. The van der Waals surface area contributed by atoms with Gasteiger partial charge < -0.3 is 10.0 Å². The van der Waals surface area contributed by atoms with E-state index in [1.54, 1.807) is 6.07 Å². The van der Waals surface area contributed by atoms with Crippen molar-refractivity contribution in [2.24, 2.45) is 0 Å². The first-order chi connectivity index (χ1) is 8.50. The maximum atomic E-state index is 12.5. The number of rotatable bonds is 1. The molecule has 1 aliphatic rings. The van der Waals surface area contributed by atoms with E-state index >= 15 is 0 Å². The highest BCUT2D eigenvalue weighted by Gasteiger charge is 2.30. The predicted molar refractivity (Wildman–Crippen MR) is 72.1 cm³/mol. The van der Waals surface area contributed by atoms with Crippen molar-refractivity contribution in [3.05, 3.63) is 28.8 Å². The fourth-order valence-corrected chi connectivity index (χ4v) is 2.84. The SMILES string of the molecule is C[C@@H]1CCC[C@H](C)N1C(=O)c1cc(O)ccc1Cl. The first-order valence-corrected chi connectivity index (χ1v) is 6.69. The van der Waals surface area contributed by atoms with Gasteiger partial charge in [0.05, 0.1) is 10.6 Å². The van der Waals surface area contributed by atoms with E-state index in [4.69, 9.17) is 11.6 Å². The number of halogens is 1. The molecule has 1 amide bonds. The zero-order valence-corrected chi connectivity index (χ0v) is 11.4. The second-order valence-electron chi connectivity index (χ2n) is 5.01. The summed E-state index contributed by atoms with van der Waals surface area (Å²) in [6.45, 7) is 4.12. The zero-order chi connectivity index (χ0) is 13.3. The molecular formula is C14H18ClNO2. The van der Waals surface area contributed by atoms with Crippen molar-refractivity contribution in [3.63, 3.8) is 0 Å². The lowest BCUT2D eigenvalue weighted by atomic mass is 9.96. The number of carbonyl (C=O) groups excluding carboxylic acids is 1. The van der Waals surface area contributed by atoms with Crippen molar-refractivity contribution in [1.82, 2.24) is 4.90 Å². The number of likely N-dealkylation sites (tertiary alicyclic amines) is 1. The molecule has 1 N–H and O–H groups in total. The fourth-order valence-electron chi connectivity index (χ4n) is 2.64. The van der Waals surface area contributed by atoms with E-state index in [1.165, 1.54) is 12.1 Å². The number of carbonyl (C=O) groups is 1. The van der Waals surface area contributed by atoms with E-state index in [-0.39, 0.29) is 23.7 Å². The van der Waals surface area contributed by atoms with Crippen LogP contribution in [0.3, 0.4) is 0 Å². The van der Waals surface area contributed by atoms with Gasteiger partial charge in [-0.2, -0.15) is 0 Å². The van der Waals surface area contributed by atoms with Gasteiger partial charge in [0.1, 0.15) is 5.75 Å². The number of nitrogens with zero attached hydrogens (tertiary/aromatic N) is 1. The Morgan fingerprint density at radius 3 is 2.56 bits per heavy atom. The third-order valence-corrected chi connectivity index (χ3v) is 3.94. The number of benzene rings is 1. The monoisotopic (exact) mass is 267 g/mol. The third-order valence-electron chi connectivity index (χ3n) is 3.61. The molecule has 1 aliphatic heterocycles. The first-order valence-electron chi connectivity index (χ1n) is 6.32. The van der Waals surface area contributed by atoms with E-state index in [0.717, 1.165) is 19.3 Å². The van der Waals surface area contributed by atoms with Crippen LogP contribution in [0, 0.1) is 0 Å². The molecule has 0 aliphatic carbocycles. The number of hydrogen-bond donors (Lipinski definition) is 1. The van der Waals surface area contributed by atoms with Gasteiger partial charge in [-0.3, -0.25) is 4.79 Å². The molecule has 1 aromatic carbocycles. The zero-order valence-electron chi connectivity index (χ0n) is 10.7. The standard InChI is InChI=1S/C14H18ClNO2/c1-9-4-3-5-10(2)16(9)14(18)12-8-11(17)6-7-13(12)15/h6-10,17H,3-5H2,1-2H3/t9-,10+. The van der Waals surface area contributed by atoms with Gasteiger partial charge in [0.2, 0.25) is 0 Å². The molecule has 2 atom stereocenters. The van der Waals surface area contributed by atoms with Crippen LogP contribution >= 0.6 is 11.6 Å². The number of amides is 1. The van der Waals surface area contributed by atoms with Crippen LogP contribution in [0.5, 0.6) is 5.75 Å². The molecule has 1 aromatic rings. The summed E-state index contributed by atoms with van der Waals surface area (Å²) >= 11 is 6.05. The minimum absolute atomic E-state index is 0.0695. The van der Waals surface area contributed by atoms with Crippen molar-refractivity contribution < 1.29 is 9.90 Å². The lowest BCUT2D eigenvalue weighted by molar-refractivity contribution is 0.0510. The van der Waals surface area contributed by atoms with Crippen molar-refractivity contribution in [1.29, 1.82) is 0 Å². The Morgan fingerprint density at radius 2 is 1.94 bits per heavy atom. The molecule has 0 bridgehead atoms. The molecule has 0 aromatic heterocycles. The number of hydrogen-bond acceptors (Lipinski definition) is 2. The molecule has 1 fully saturated rings. The van der Waals surface area contributed by atoms with Crippen LogP contribution < -0.4 is 0 Å². The lowest BCUT2D eigenvalue weighted by Gasteiger charge is -2.39. The van der Waals surface area contributed by atoms with Gasteiger partial charge >= 0.3 is 0 Å². The average molecular weight is 268 g/mol. The fraction of sp³-hybridized carbons (Fsp3) is 0.500. The molecule has 1 saturated heterocycles. The van der Waals surface area contributed by atoms with Crippen LogP contribution in [0.1, 0.15) is 43.5 Å². The van der Waals surface area contributed by atoms with Crippen LogP contribution in [0.15, 0.2) is 18.2 Å². The largest absolute Gasteiger partial charge is 0.508 e. The summed E-state index contributed by atoms with van der Waals surface area (Å²) in [5.74, 6) is -0.0179. The quantitative estimate of drug-likeness (QED) is 0.847. The number of piperidine rings is 1. The van der Waals surface area contributed by atoms with Crippen molar-refractivity contribution in [2.75, 3.05) is 0 Å². The van der Waals surface area contributed by atoms with Crippen molar-refractivity contribution in [3.8, 4) is 5.75 Å². The Hall–Kier alpha value is -1.22. The predicted octanol–water partition coefficient (Wildman–Crippen LogP) is 3.45. The topological polar surface area (TPSA) is 40.5 Å². The highest BCUT2D eigenvalue weighted by atomic mass is 35.5. The molecule has 0 saturated carbocycles. The second-order valence-corrected chi connectivity index (χ2v) is 5.41. The van der Waals surface area contributed by atoms with Gasteiger partial charge in [-0.15, -0.1) is 0 Å². The summed E-state index contributed by atoms with van der Waals surface area (Å²) in [5.41, 5.74) is 0.386. The lowest BCUT2D eigenvalue weighted by Crippen LogP contribution is -2.47. The van der Waals surface area contributed by atoms with Crippen LogP contribution in [0.25, 0.3) is 0 Å². The second kappa shape index (κ2) is 5.19. The summed E-state index contributed by atoms with van der Waals surface area (Å²) in [4.78, 5) is 14.4. The average Bonchev–Trinajstić information content (AvgIpc) is 2.32. The molecule has 18 heavy (non-hydrogen) atoms. The smallest absolute Gasteiger partial charge is 0.255 e. The maximum absolute atomic E-state index is 12.5. The van der Waals surface area contributed by atoms with Gasteiger partial charge in [-0.25, -0.2) is 0 Å². The number of aromatic hydroxyl groups is 1. The van der Waals surface area contributed by atoms with E-state index in [1.807, 2.05) is 4.90 Å². The minimum Gasteiger partial charge on any atom is -0.508 e. The molecule has 4 heteroatoms. The van der Waals surface area contributed by atoms with Gasteiger partial charge in [-0.05, 0) is 51.3 Å². The first kappa shape index (κ1) is 13.2. The van der Waals surface area contributed by atoms with Crippen LogP contribution in [0.4, 0.5) is 0 Å². The van der Waals surface area contributed by atoms with E-state index in [9.17, 15) is 9.90 Å². The summed E-state index contributed by atoms with van der Waals surface area (Å²) in [6.07, 6.45) is 3.19. The Bertz CT molecular complexity index is 451. The maximum Gasteiger partial charge on any atom is 0.255 e. The number of phenolic OH excluding ortho intramolecular Hbond substituents is 1. The van der Waals surface area contributed by atoms with Crippen molar-refractivity contribution >= 4 is 17.5 Å². The summed E-state index contributed by atoms with van der Waals surface area (Å²) in [5, 5.41) is 9.88. The van der Waals surface area contributed by atoms with Gasteiger partial charge in [0.15, 0.2) is 0 Å². The summed E-state index contributed by atoms with van der Waals surface area (Å²) < 4.78 is 0. The molecule has 0 unspecified atom stereocenters. The van der Waals surface area contributed by atoms with E-state index in [0.29, 0.717) is 10.6 Å². The molecule has 0 spiro atoms. The third kappa shape index (κ3) is 2.46. The molecule has 2 rings (SSSR count). The van der Waals surface area contributed by atoms with E-state index in [2.05, 4.69) is 13.8 Å². The Kier molecular flexibility index (Phi) is 3.81. The normalized spacial score (nSPS) is 24.1. The van der Waals surface area contributed by atoms with Crippen LogP contribution in [-0.2, 0) is 0 Å². The molecule has 98 valence electrons. The molecule has 3 nitrogen and oxygen atoms in total. The van der Waals surface area contributed by atoms with Gasteiger partial charge in [0.25, 0.3) is 5.91 Å². The highest BCUT2D eigenvalue weighted by Crippen LogP contribution is 2.28. The number of phenols is 1. The van der Waals surface area contributed by atoms with E-state index < -0.39 is 0 Å². The van der Waals surface area contributed by atoms with Gasteiger partial charge in [-0.1, -0.05) is 11.6 Å². The van der Waals surface area contributed by atoms with Gasteiger partial charge in [0, 0.05) is 12.1 Å². The molecule has 1 heterocycles. The molecule has 0 radical (unpaired) electrons. The Labute approximate surface area is 112 Å². The Morgan fingerprint density at radius 1 is 1.33 bits per heavy atom. The minimum atomic E-state index is -0.0874. The summed E-state index contributed by atoms with van der Waals surface area (Å²) in [7, 11) is 0. The summed E-state index contributed by atoms with van der Waals surface area (Å²) in [6, 6.07) is 4.93.